The van der Waals surface area contributed by atoms with Crippen LogP contribution in [0.1, 0.15) is 39.5 Å². The van der Waals surface area contributed by atoms with E-state index >= 15 is 0 Å². The number of hydrogen-bond donors (Lipinski definition) is 2. The van der Waals surface area contributed by atoms with Crippen LogP contribution in [-0.4, -0.2) is 34.5 Å². The van der Waals surface area contributed by atoms with Gasteiger partial charge in [-0.25, -0.2) is 0 Å². The van der Waals surface area contributed by atoms with Gasteiger partial charge in [0.25, 0.3) is 0 Å². The highest BCUT2D eigenvalue weighted by molar-refractivity contribution is 7.99. The zero-order valence-electron chi connectivity index (χ0n) is 10.7. The molecular weight excluding hydrogens is 238 g/mol. The molecule has 4 nitrogen and oxygen atoms in total. The van der Waals surface area contributed by atoms with Crippen molar-refractivity contribution in [1.82, 2.24) is 5.32 Å². The van der Waals surface area contributed by atoms with Gasteiger partial charge in [0.15, 0.2) is 0 Å². The number of carboxylic acid groups (broad SMARTS) is 1. The van der Waals surface area contributed by atoms with E-state index in [1.54, 1.807) is 25.6 Å². The molecule has 1 aliphatic carbocycles. The van der Waals surface area contributed by atoms with Crippen LogP contribution >= 0.6 is 11.8 Å². The van der Waals surface area contributed by atoms with Crippen LogP contribution in [0.25, 0.3) is 0 Å². The van der Waals surface area contributed by atoms with Gasteiger partial charge in [0, 0.05) is 17.7 Å². The van der Waals surface area contributed by atoms with Gasteiger partial charge in [-0.15, -0.1) is 0 Å². The van der Waals surface area contributed by atoms with Crippen LogP contribution in [0.5, 0.6) is 0 Å². The Hall–Kier alpha value is -0.710. The molecule has 1 saturated carbocycles. The van der Waals surface area contributed by atoms with E-state index in [1.807, 2.05) is 0 Å². The molecule has 0 heterocycles. The summed E-state index contributed by atoms with van der Waals surface area (Å²) < 4.78 is 0. The summed E-state index contributed by atoms with van der Waals surface area (Å²) in [6.07, 6.45) is 5.37. The first-order valence-corrected chi connectivity index (χ1v) is 7.21. The molecule has 0 bridgehead atoms. The number of rotatable bonds is 5. The van der Waals surface area contributed by atoms with Crippen molar-refractivity contribution in [1.29, 1.82) is 0 Å². The Morgan fingerprint density at radius 2 is 2.06 bits per heavy atom. The first kappa shape index (κ1) is 14.4. The fourth-order valence-corrected chi connectivity index (χ4v) is 3.04. The van der Waals surface area contributed by atoms with E-state index in [4.69, 9.17) is 5.11 Å². The molecule has 0 radical (unpaired) electrons. The van der Waals surface area contributed by atoms with E-state index in [2.05, 4.69) is 11.6 Å². The van der Waals surface area contributed by atoms with E-state index in [1.165, 1.54) is 0 Å². The van der Waals surface area contributed by atoms with Crippen LogP contribution in [0.15, 0.2) is 0 Å². The number of carboxylic acids is 1. The lowest BCUT2D eigenvalue weighted by Crippen LogP contribution is -2.41. The SMILES string of the molecule is CSC1CCCC1NC(=O)CC(C)(C)C(=O)O. The molecule has 2 N–H and O–H groups in total. The van der Waals surface area contributed by atoms with Crippen molar-refractivity contribution >= 4 is 23.6 Å². The number of hydrogen-bond acceptors (Lipinski definition) is 3. The number of nitrogens with one attached hydrogen (secondary N) is 1. The monoisotopic (exact) mass is 259 g/mol. The van der Waals surface area contributed by atoms with Gasteiger partial charge < -0.3 is 10.4 Å². The number of amides is 1. The molecule has 1 amide bonds. The Kier molecular flexibility index (Phi) is 4.86. The first-order chi connectivity index (χ1) is 7.86. The minimum atomic E-state index is -0.989. The van der Waals surface area contributed by atoms with Gasteiger partial charge >= 0.3 is 5.97 Å². The lowest BCUT2D eigenvalue weighted by molar-refractivity contribution is -0.149. The van der Waals surface area contributed by atoms with E-state index < -0.39 is 11.4 Å². The highest BCUT2D eigenvalue weighted by Gasteiger charge is 2.33. The van der Waals surface area contributed by atoms with Gasteiger partial charge in [-0.05, 0) is 32.9 Å². The Bertz CT molecular complexity index is 304. The quantitative estimate of drug-likeness (QED) is 0.791. The third kappa shape index (κ3) is 3.91. The summed E-state index contributed by atoms with van der Waals surface area (Å²) in [5.74, 6) is -1.08. The average molecular weight is 259 g/mol. The second-order valence-electron chi connectivity index (χ2n) is 5.24. The maximum Gasteiger partial charge on any atom is 0.309 e. The topological polar surface area (TPSA) is 66.4 Å². The van der Waals surface area contributed by atoms with Crippen LogP contribution in [0, 0.1) is 5.41 Å². The van der Waals surface area contributed by atoms with Crippen molar-refractivity contribution < 1.29 is 14.7 Å². The zero-order valence-corrected chi connectivity index (χ0v) is 11.5. The summed E-state index contributed by atoms with van der Waals surface area (Å²) in [6, 6.07) is 0.210. The van der Waals surface area contributed by atoms with Crippen molar-refractivity contribution in [2.75, 3.05) is 6.26 Å². The summed E-state index contributed by atoms with van der Waals surface area (Å²) in [6.45, 7) is 3.16. The van der Waals surface area contributed by atoms with Crippen LogP contribution in [-0.2, 0) is 9.59 Å². The fraction of sp³-hybridized carbons (Fsp3) is 0.833. The number of thioether (sulfide) groups is 1. The van der Waals surface area contributed by atoms with E-state index in [9.17, 15) is 9.59 Å². The Morgan fingerprint density at radius 3 is 2.59 bits per heavy atom. The van der Waals surface area contributed by atoms with Gasteiger partial charge in [0.05, 0.1) is 5.41 Å². The smallest absolute Gasteiger partial charge is 0.309 e. The van der Waals surface area contributed by atoms with Crippen molar-refractivity contribution in [3.8, 4) is 0 Å². The molecule has 2 atom stereocenters. The molecule has 0 aromatic rings. The Morgan fingerprint density at radius 1 is 1.41 bits per heavy atom. The molecule has 0 aliphatic heterocycles. The molecular formula is C12H21NO3S. The largest absolute Gasteiger partial charge is 0.481 e. The lowest BCUT2D eigenvalue weighted by atomic mass is 9.89. The maximum atomic E-state index is 11.8. The zero-order chi connectivity index (χ0) is 13.1. The lowest BCUT2D eigenvalue weighted by Gasteiger charge is -2.23. The van der Waals surface area contributed by atoms with Crippen molar-refractivity contribution in [3.05, 3.63) is 0 Å². The first-order valence-electron chi connectivity index (χ1n) is 5.92. The van der Waals surface area contributed by atoms with Crippen LogP contribution in [0.3, 0.4) is 0 Å². The Labute approximate surface area is 107 Å². The second-order valence-corrected chi connectivity index (χ2v) is 6.32. The molecule has 17 heavy (non-hydrogen) atoms. The number of carbonyl (C=O) groups is 2. The van der Waals surface area contributed by atoms with Crippen molar-refractivity contribution in [2.24, 2.45) is 5.41 Å². The summed E-state index contributed by atoms with van der Waals surface area (Å²) in [5, 5.41) is 12.4. The predicted octanol–water partition coefficient (Wildman–Crippen LogP) is 1.89. The van der Waals surface area contributed by atoms with Gasteiger partial charge in [-0.2, -0.15) is 11.8 Å². The van der Waals surface area contributed by atoms with Gasteiger partial charge in [-0.3, -0.25) is 9.59 Å². The van der Waals surface area contributed by atoms with Crippen LogP contribution < -0.4 is 5.32 Å². The minimum Gasteiger partial charge on any atom is -0.481 e. The Balaban J connectivity index is 2.47. The molecule has 0 aromatic carbocycles. The van der Waals surface area contributed by atoms with E-state index in [0.29, 0.717) is 5.25 Å². The maximum absolute atomic E-state index is 11.8. The molecule has 1 rings (SSSR count). The average Bonchev–Trinajstić information content (AvgIpc) is 2.63. The normalized spacial score (nSPS) is 24.6. The highest BCUT2D eigenvalue weighted by Crippen LogP contribution is 2.29. The van der Waals surface area contributed by atoms with Gasteiger partial charge in [0.1, 0.15) is 0 Å². The molecule has 1 aliphatic rings. The fourth-order valence-electron chi connectivity index (χ4n) is 2.11. The van der Waals surface area contributed by atoms with Crippen LogP contribution in [0.4, 0.5) is 0 Å². The van der Waals surface area contributed by atoms with Gasteiger partial charge in [-0.1, -0.05) is 6.42 Å². The molecule has 2 unspecified atom stereocenters. The molecule has 1 fully saturated rings. The summed E-state index contributed by atoms with van der Waals surface area (Å²) in [7, 11) is 0. The molecule has 0 spiro atoms. The number of carbonyl (C=O) groups excluding carboxylic acids is 1. The highest BCUT2D eigenvalue weighted by atomic mass is 32.2. The number of aliphatic carboxylic acids is 1. The van der Waals surface area contributed by atoms with Gasteiger partial charge in [0.2, 0.25) is 5.91 Å². The van der Waals surface area contributed by atoms with E-state index in [-0.39, 0.29) is 18.4 Å². The molecule has 0 aromatic heterocycles. The van der Waals surface area contributed by atoms with Crippen LogP contribution in [0.2, 0.25) is 0 Å². The minimum absolute atomic E-state index is 0.0416. The third-order valence-corrected chi connectivity index (χ3v) is 4.45. The summed E-state index contributed by atoms with van der Waals surface area (Å²) in [4.78, 5) is 22.7. The van der Waals surface area contributed by atoms with E-state index in [0.717, 1.165) is 19.3 Å². The van der Waals surface area contributed by atoms with Crippen molar-refractivity contribution in [2.45, 2.75) is 50.8 Å². The summed E-state index contributed by atoms with van der Waals surface area (Å²) >= 11 is 1.78. The molecule has 0 saturated heterocycles. The second kappa shape index (κ2) is 5.76. The third-order valence-electron chi connectivity index (χ3n) is 3.28. The molecule has 98 valence electrons. The van der Waals surface area contributed by atoms with Crippen molar-refractivity contribution in [3.63, 3.8) is 0 Å². The standard InChI is InChI=1S/C12H21NO3S/c1-12(2,11(15)16)7-10(14)13-8-5-4-6-9(8)17-3/h8-9H,4-7H2,1-3H3,(H,13,14)(H,15,16). The summed E-state index contributed by atoms with van der Waals surface area (Å²) in [5.41, 5.74) is -0.989. The predicted molar refractivity (Wildman–Crippen MR) is 69.1 cm³/mol. The molecule has 5 heteroatoms.